The minimum Gasteiger partial charge on any atom is -0.310 e. The largest absolute Gasteiger partial charge is 0.310 e. The highest BCUT2D eigenvalue weighted by atomic mass is 79.9. The van der Waals surface area contributed by atoms with E-state index in [1.807, 2.05) is 6.92 Å². The number of rotatable bonds is 5. The van der Waals surface area contributed by atoms with Crippen LogP contribution in [-0.2, 0) is 6.42 Å². The maximum absolute atomic E-state index is 13.4. The molecule has 2 aromatic carbocycles. The third kappa shape index (κ3) is 4.08. The van der Waals surface area contributed by atoms with Crippen LogP contribution < -0.4 is 5.32 Å². The van der Waals surface area contributed by atoms with Gasteiger partial charge in [0.2, 0.25) is 0 Å². The summed E-state index contributed by atoms with van der Waals surface area (Å²) in [4.78, 5) is 0. The van der Waals surface area contributed by atoms with Crippen LogP contribution >= 0.6 is 15.9 Å². The van der Waals surface area contributed by atoms with E-state index in [2.05, 4.69) is 21.2 Å². The summed E-state index contributed by atoms with van der Waals surface area (Å²) in [6.45, 7) is 2.62. The molecule has 1 nitrogen and oxygen atoms in total. The van der Waals surface area contributed by atoms with Crippen LogP contribution in [0.3, 0.4) is 0 Å². The van der Waals surface area contributed by atoms with E-state index in [4.69, 9.17) is 0 Å². The van der Waals surface area contributed by atoms with Crippen LogP contribution in [0.15, 0.2) is 40.9 Å². The lowest BCUT2D eigenvalue weighted by Crippen LogP contribution is -2.23. The van der Waals surface area contributed by atoms with Crippen LogP contribution in [0.2, 0.25) is 0 Å². The zero-order chi connectivity index (χ0) is 15.4. The SMILES string of the molecule is CCNC(Cc1ccc(F)cc1Br)c1ccc(F)c(F)c1. The predicted octanol–water partition coefficient (Wildman–Crippen LogP) is 4.76. The fourth-order valence-corrected chi connectivity index (χ4v) is 2.70. The van der Waals surface area contributed by atoms with Gasteiger partial charge in [-0.15, -0.1) is 0 Å². The van der Waals surface area contributed by atoms with Crippen LogP contribution in [0.4, 0.5) is 13.2 Å². The zero-order valence-electron chi connectivity index (χ0n) is 11.5. The van der Waals surface area contributed by atoms with E-state index >= 15 is 0 Å². The molecule has 1 atom stereocenters. The monoisotopic (exact) mass is 357 g/mol. The number of likely N-dealkylation sites (N-methyl/N-ethyl adjacent to an activating group) is 1. The van der Waals surface area contributed by atoms with Gasteiger partial charge < -0.3 is 5.32 Å². The molecule has 0 spiro atoms. The lowest BCUT2D eigenvalue weighted by Gasteiger charge is -2.19. The second-order valence-electron chi connectivity index (χ2n) is 4.72. The van der Waals surface area contributed by atoms with Gasteiger partial charge in [-0.05, 0) is 48.4 Å². The Morgan fingerprint density at radius 2 is 1.81 bits per heavy atom. The Hall–Kier alpha value is -1.33. The lowest BCUT2D eigenvalue weighted by molar-refractivity contribution is 0.497. The average molecular weight is 358 g/mol. The van der Waals surface area contributed by atoms with Crippen molar-refractivity contribution in [2.45, 2.75) is 19.4 Å². The zero-order valence-corrected chi connectivity index (χ0v) is 13.1. The van der Waals surface area contributed by atoms with E-state index in [0.29, 0.717) is 23.0 Å². The summed E-state index contributed by atoms with van der Waals surface area (Å²) in [5.74, 6) is -2.05. The van der Waals surface area contributed by atoms with Crippen molar-refractivity contribution < 1.29 is 13.2 Å². The summed E-state index contributed by atoms with van der Waals surface area (Å²) in [5.41, 5.74) is 1.55. The number of benzene rings is 2. The fourth-order valence-electron chi connectivity index (χ4n) is 2.19. The van der Waals surface area contributed by atoms with Crippen LogP contribution in [0, 0.1) is 17.5 Å². The van der Waals surface area contributed by atoms with Gasteiger partial charge in [0, 0.05) is 10.5 Å². The van der Waals surface area contributed by atoms with Crippen molar-refractivity contribution in [1.29, 1.82) is 0 Å². The van der Waals surface area contributed by atoms with Crippen molar-refractivity contribution in [3.05, 3.63) is 69.4 Å². The number of nitrogens with one attached hydrogen (secondary N) is 1. The van der Waals surface area contributed by atoms with Gasteiger partial charge in [-0.25, -0.2) is 13.2 Å². The molecule has 21 heavy (non-hydrogen) atoms. The van der Waals surface area contributed by atoms with Crippen molar-refractivity contribution in [3.63, 3.8) is 0 Å². The van der Waals surface area contributed by atoms with Crippen LogP contribution in [0.1, 0.15) is 24.1 Å². The highest BCUT2D eigenvalue weighted by molar-refractivity contribution is 9.10. The molecule has 0 fully saturated rings. The second kappa shape index (κ2) is 7.09. The van der Waals surface area contributed by atoms with Gasteiger partial charge >= 0.3 is 0 Å². The van der Waals surface area contributed by atoms with Crippen LogP contribution in [0.25, 0.3) is 0 Å². The first-order valence-electron chi connectivity index (χ1n) is 6.63. The molecule has 0 aromatic heterocycles. The Morgan fingerprint density at radius 3 is 2.43 bits per heavy atom. The molecular weight excluding hydrogens is 343 g/mol. The Morgan fingerprint density at radius 1 is 1.05 bits per heavy atom. The molecule has 0 heterocycles. The third-order valence-electron chi connectivity index (χ3n) is 3.24. The van der Waals surface area contributed by atoms with Crippen molar-refractivity contribution in [3.8, 4) is 0 Å². The Kier molecular flexibility index (Phi) is 5.42. The average Bonchev–Trinajstić information content (AvgIpc) is 2.44. The van der Waals surface area contributed by atoms with Crippen molar-refractivity contribution in [2.75, 3.05) is 6.54 Å². The first-order valence-corrected chi connectivity index (χ1v) is 7.42. The molecule has 0 amide bonds. The second-order valence-corrected chi connectivity index (χ2v) is 5.58. The number of hydrogen-bond donors (Lipinski definition) is 1. The molecule has 0 bridgehead atoms. The molecule has 0 saturated heterocycles. The smallest absolute Gasteiger partial charge is 0.159 e. The van der Waals surface area contributed by atoms with Gasteiger partial charge in [0.15, 0.2) is 11.6 Å². The number of hydrogen-bond acceptors (Lipinski definition) is 1. The van der Waals surface area contributed by atoms with Crippen molar-refractivity contribution >= 4 is 15.9 Å². The summed E-state index contributed by atoms with van der Waals surface area (Å²) in [7, 11) is 0. The normalized spacial score (nSPS) is 12.4. The maximum Gasteiger partial charge on any atom is 0.159 e. The van der Waals surface area contributed by atoms with E-state index in [1.165, 1.54) is 18.2 Å². The minimum atomic E-state index is -0.867. The van der Waals surface area contributed by atoms with Gasteiger partial charge in [0.1, 0.15) is 5.82 Å². The quantitative estimate of drug-likeness (QED) is 0.813. The molecule has 2 rings (SSSR count). The van der Waals surface area contributed by atoms with E-state index in [1.54, 1.807) is 12.1 Å². The molecule has 0 saturated carbocycles. The van der Waals surface area contributed by atoms with Gasteiger partial charge in [0.05, 0.1) is 0 Å². The molecule has 0 aliphatic carbocycles. The molecule has 5 heteroatoms. The van der Waals surface area contributed by atoms with Crippen molar-refractivity contribution in [1.82, 2.24) is 5.32 Å². The minimum absolute atomic E-state index is 0.174. The highest BCUT2D eigenvalue weighted by Crippen LogP contribution is 2.25. The van der Waals surface area contributed by atoms with E-state index in [9.17, 15) is 13.2 Å². The van der Waals surface area contributed by atoms with E-state index < -0.39 is 11.6 Å². The Balaban J connectivity index is 2.28. The molecular formula is C16H15BrF3N. The van der Waals surface area contributed by atoms with Gasteiger partial charge in [0.25, 0.3) is 0 Å². The van der Waals surface area contributed by atoms with Crippen LogP contribution in [0.5, 0.6) is 0 Å². The third-order valence-corrected chi connectivity index (χ3v) is 3.97. The summed E-state index contributed by atoms with van der Waals surface area (Å²) in [6, 6.07) is 8.16. The van der Waals surface area contributed by atoms with E-state index in [-0.39, 0.29) is 11.9 Å². The highest BCUT2D eigenvalue weighted by Gasteiger charge is 2.15. The first kappa shape index (κ1) is 16.0. The maximum atomic E-state index is 13.4. The molecule has 0 aliphatic rings. The Bertz CT molecular complexity index is 631. The Labute approximate surface area is 130 Å². The summed E-state index contributed by atoms with van der Waals surface area (Å²) < 4.78 is 40.2. The molecule has 1 N–H and O–H groups in total. The first-order chi connectivity index (χ1) is 10.0. The van der Waals surface area contributed by atoms with Crippen LogP contribution in [-0.4, -0.2) is 6.54 Å². The predicted molar refractivity (Wildman–Crippen MR) is 80.6 cm³/mol. The molecule has 0 aliphatic heterocycles. The summed E-state index contributed by atoms with van der Waals surface area (Å²) >= 11 is 3.32. The molecule has 2 aromatic rings. The molecule has 112 valence electrons. The standard InChI is InChI=1S/C16H15BrF3N/c1-2-21-16(11-4-6-14(19)15(20)7-11)8-10-3-5-12(18)9-13(10)17/h3-7,9,16,21H,2,8H2,1H3. The lowest BCUT2D eigenvalue weighted by atomic mass is 9.98. The summed E-state index contributed by atoms with van der Waals surface area (Å²) in [5, 5.41) is 3.23. The van der Waals surface area contributed by atoms with Gasteiger partial charge in [-0.1, -0.05) is 35.0 Å². The van der Waals surface area contributed by atoms with Gasteiger partial charge in [-0.2, -0.15) is 0 Å². The molecule has 1 unspecified atom stereocenters. The van der Waals surface area contributed by atoms with Crippen molar-refractivity contribution in [2.24, 2.45) is 0 Å². The number of halogens is 4. The summed E-state index contributed by atoms with van der Waals surface area (Å²) in [6.07, 6.45) is 0.541. The molecule has 0 radical (unpaired) electrons. The van der Waals surface area contributed by atoms with Gasteiger partial charge in [-0.3, -0.25) is 0 Å². The fraction of sp³-hybridized carbons (Fsp3) is 0.250. The van der Waals surface area contributed by atoms with E-state index in [0.717, 1.165) is 11.6 Å². The topological polar surface area (TPSA) is 12.0 Å².